The number of para-hydroxylation sites is 2. The Morgan fingerprint density at radius 1 is 1.41 bits per heavy atom. The van der Waals surface area contributed by atoms with Crippen molar-refractivity contribution in [3.8, 4) is 5.75 Å². The number of rotatable bonds is 4. The highest BCUT2D eigenvalue weighted by Gasteiger charge is 2.07. The minimum atomic E-state index is -0.141. The third-order valence-corrected chi connectivity index (χ3v) is 2.25. The zero-order chi connectivity index (χ0) is 12.1. The predicted octanol–water partition coefficient (Wildman–Crippen LogP) is 1.53. The van der Waals surface area contributed by atoms with Crippen LogP contribution in [0.5, 0.6) is 5.75 Å². The summed E-state index contributed by atoms with van der Waals surface area (Å²) in [7, 11) is 1.57. The van der Waals surface area contributed by atoms with Crippen molar-refractivity contribution in [1.82, 2.24) is 9.78 Å². The maximum Gasteiger partial charge on any atom is 0.246 e. The first kappa shape index (κ1) is 11.2. The van der Waals surface area contributed by atoms with Crippen LogP contribution in [0.3, 0.4) is 0 Å². The lowest BCUT2D eigenvalue weighted by Crippen LogP contribution is -2.19. The zero-order valence-electron chi connectivity index (χ0n) is 9.46. The van der Waals surface area contributed by atoms with Crippen LogP contribution >= 0.6 is 0 Å². The molecule has 0 unspecified atom stereocenters. The number of hydrogen-bond acceptors (Lipinski definition) is 3. The zero-order valence-corrected chi connectivity index (χ0v) is 9.46. The minimum Gasteiger partial charge on any atom is -0.495 e. The van der Waals surface area contributed by atoms with E-state index in [1.165, 1.54) is 0 Å². The molecule has 1 aromatic carbocycles. The molecule has 0 fully saturated rings. The minimum absolute atomic E-state index is 0.141. The van der Waals surface area contributed by atoms with Crippen LogP contribution in [0, 0.1) is 0 Å². The maximum absolute atomic E-state index is 11.7. The summed E-state index contributed by atoms with van der Waals surface area (Å²) in [6.45, 7) is 0.186. The van der Waals surface area contributed by atoms with E-state index < -0.39 is 0 Å². The molecule has 2 rings (SSSR count). The van der Waals surface area contributed by atoms with Crippen molar-refractivity contribution in [1.29, 1.82) is 0 Å². The second-order valence-corrected chi connectivity index (χ2v) is 3.45. The molecule has 0 radical (unpaired) electrons. The molecule has 1 aromatic heterocycles. The second-order valence-electron chi connectivity index (χ2n) is 3.45. The van der Waals surface area contributed by atoms with Gasteiger partial charge in [0.2, 0.25) is 5.91 Å². The lowest BCUT2D eigenvalue weighted by atomic mass is 10.3. The van der Waals surface area contributed by atoms with E-state index in [9.17, 15) is 4.79 Å². The number of aromatic nitrogens is 2. The van der Waals surface area contributed by atoms with Crippen molar-refractivity contribution in [2.45, 2.75) is 6.54 Å². The van der Waals surface area contributed by atoms with E-state index in [0.29, 0.717) is 11.4 Å². The van der Waals surface area contributed by atoms with E-state index >= 15 is 0 Å². The number of ether oxygens (including phenoxy) is 1. The Hall–Kier alpha value is -2.30. The van der Waals surface area contributed by atoms with Crippen LogP contribution in [-0.4, -0.2) is 22.8 Å². The molecule has 1 amide bonds. The number of hydrogen-bond donors (Lipinski definition) is 1. The molecular weight excluding hydrogens is 218 g/mol. The number of carbonyl (C=O) groups is 1. The van der Waals surface area contributed by atoms with Crippen LogP contribution < -0.4 is 10.1 Å². The average Bonchev–Trinajstić information content (AvgIpc) is 2.82. The quantitative estimate of drug-likeness (QED) is 0.868. The smallest absolute Gasteiger partial charge is 0.246 e. The molecular formula is C12H13N3O2. The summed E-state index contributed by atoms with van der Waals surface area (Å²) in [5.74, 6) is 0.500. The summed E-state index contributed by atoms with van der Waals surface area (Å²) in [6, 6.07) is 9.05. The van der Waals surface area contributed by atoms with Crippen LogP contribution in [0.25, 0.3) is 0 Å². The van der Waals surface area contributed by atoms with Crippen molar-refractivity contribution in [3.05, 3.63) is 42.7 Å². The van der Waals surface area contributed by atoms with Gasteiger partial charge in [-0.3, -0.25) is 9.48 Å². The summed E-state index contributed by atoms with van der Waals surface area (Å²) < 4.78 is 6.70. The summed E-state index contributed by atoms with van der Waals surface area (Å²) in [6.07, 6.45) is 3.37. The lowest BCUT2D eigenvalue weighted by molar-refractivity contribution is -0.116. The highest BCUT2D eigenvalue weighted by atomic mass is 16.5. The molecule has 1 heterocycles. The number of nitrogens with one attached hydrogen (secondary N) is 1. The summed E-state index contributed by atoms with van der Waals surface area (Å²) in [5.41, 5.74) is 0.659. The fourth-order valence-electron chi connectivity index (χ4n) is 1.48. The van der Waals surface area contributed by atoms with E-state index in [-0.39, 0.29) is 12.5 Å². The van der Waals surface area contributed by atoms with Crippen molar-refractivity contribution in [2.75, 3.05) is 12.4 Å². The Morgan fingerprint density at radius 3 is 2.94 bits per heavy atom. The van der Waals surface area contributed by atoms with Gasteiger partial charge in [0.25, 0.3) is 0 Å². The number of anilines is 1. The maximum atomic E-state index is 11.7. The van der Waals surface area contributed by atoms with Gasteiger partial charge in [0.05, 0.1) is 12.8 Å². The van der Waals surface area contributed by atoms with Crippen molar-refractivity contribution in [3.63, 3.8) is 0 Å². The molecule has 0 saturated carbocycles. The SMILES string of the molecule is COc1ccccc1NC(=O)Cn1cccn1. The molecule has 0 saturated heterocycles. The summed E-state index contributed by atoms with van der Waals surface area (Å²) in [5, 5.41) is 6.74. The number of benzene rings is 1. The molecule has 0 aliphatic rings. The van der Waals surface area contributed by atoms with E-state index in [2.05, 4.69) is 10.4 Å². The lowest BCUT2D eigenvalue weighted by Gasteiger charge is -2.09. The van der Waals surface area contributed by atoms with Gasteiger partial charge < -0.3 is 10.1 Å². The molecule has 0 atom stereocenters. The van der Waals surface area contributed by atoms with Gasteiger partial charge in [-0.15, -0.1) is 0 Å². The Morgan fingerprint density at radius 2 is 2.24 bits per heavy atom. The van der Waals surface area contributed by atoms with Crippen LogP contribution in [0.2, 0.25) is 0 Å². The van der Waals surface area contributed by atoms with Gasteiger partial charge in [-0.1, -0.05) is 12.1 Å². The number of methoxy groups -OCH3 is 1. The van der Waals surface area contributed by atoms with Gasteiger partial charge in [0.15, 0.2) is 0 Å². The van der Waals surface area contributed by atoms with Gasteiger partial charge >= 0.3 is 0 Å². The fourth-order valence-corrected chi connectivity index (χ4v) is 1.48. The Kier molecular flexibility index (Phi) is 3.40. The molecule has 0 aliphatic heterocycles. The van der Waals surface area contributed by atoms with Crippen molar-refractivity contribution < 1.29 is 9.53 Å². The summed E-state index contributed by atoms with van der Waals surface area (Å²) >= 11 is 0. The molecule has 17 heavy (non-hydrogen) atoms. The van der Waals surface area contributed by atoms with Gasteiger partial charge in [0, 0.05) is 12.4 Å². The van der Waals surface area contributed by atoms with Crippen LogP contribution in [0.1, 0.15) is 0 Å². The molecule has 88 valence electrons. The van der Waals surface area contributed by atoms with Gasteiger partial charge in [-0.05, 0) is 18.2 Å². The molecule has 0 bridgehead atoms. The van der Waals surface area contributed by atoms with E-state index in [1.54, 1.807) is 42.4 Å². The van der Waals surface area contributed by atoms with Crippen LogP contribution in [0.4, 0.5) is 5.69 Å². The predicted molar refractivity (Wildman–Crippen MR) is 63.9 cm³/mol. The van der Waals surface area contributed by atoms with Crippen LogP contribution in [-0.2, 0) is 11.3 Å². The van der Waals surface area contributed by atoms with E-state index in [0.717, 1.165) is 0 Å². The standard InChI is InChI=1S/C12H13N3O2/c1-17-11-6-3-2-5-10(11)14-12(16)9-15-8-4-7-13-15/h2-8H,9H2,1H3,(H,14,16). The third-order valence-electron chi connectivity index (χ3n) is 2.25. The van der Waals surface area contributed by atoms with Crippen molar-refractivity contribution >= 4 is 11.6 Å². The highest BCUT2D eigenvalue weighted by Crippen LogP contribution is 2.22. The molecule has 1 N–H and O–H groups in total. The Balaban J connectivity index is 2.03. The largest absolute Gasteiger partial charge is 0.495 e. The second kappa shape index (κ2) is 5.16. The number of amides is 1. The average molecular weight is 231 g/mol. The Bertz CT molecular complexity index is 494. The third kappa shape index (κ3) is 2.84. The Labute approximate surface area is 99.0 Å². The first-order valence-electron chi connectivity index (χ1n) is 5.20. The normalized spacial score (nSPS) is 9.94. The summed E-state index contributed by atoms with van der Waals surface area (Å²) in [4.78, 5) is 11.7. The first-order valence-corrected chi connectivity index (χ1v) is 5.20. The first-order chi connectivity index (χ1) is 8.29. The molecule has 0 aliphatic carbocycles. The topological polar surface area (TPSA) is 56.1 Å². The van der Waals surface area contributed by atoms with Crippen molar-refractivity contribution in [2.24, 2.45) is 0 Å². The number of nitrogens with zero attached hydrogens (tertiary/aromatic N) is 2. The highest BCUT2D eigenvalue weighted by molar-refractivity contribution is 5.92. The molecule has 0 spiro atoms. The van der Waals surface area contributed by atoms with E-state index in [4.69, 9.17) is 4.74 Å². The van der Waals surface area contributed by atoms with E-state index in [1.807, 2.05) is 12.1 Å². The molecule has 5 nitrogen and oxygen atoms in total. The van der Waals surface area contributed by atoms with Crippen LogP contribution in [0.15, 0.2) is 42.7 Å². The fraction of sp³-hybridized carbons (Fsp3) is 0.167. The van der Waals surface area contributed by atoms with Gasteiger partial charge in [-0.2, -0.15) is 5.10 Å². The van der Waals surface area contributed by atoms with Gasteiger partial charge in [-0.25, -0.2) is 0 Å². The monoisotopic (exact) mass is 231 g/mol. The van der Waals surface area contributed by atoms with Gasteiger partial charge in [0.1, 0.15) is 12.3 Å². The molecule has 2 aromatic rings. The number of carbonyl (C=O) groups excluding carboxylic acids is 1. The molecule has 5 heteroatoms.